The molecule has 2 aromatic rings. The SMILES string of the molecule is CCCCC(CC)Nc1nc(C)nc(Nc2c(C)cc(C)cc2C)c1N. The number of anilines is 4. The van der Waals surface area contributed by atoms with Crippen LogP contribution in [0, 0.1) is 27.7 Å². The summed E-state index contributed by atoms with van der Waals surface area (Å²) in [5, 5.41) is 6.96. The van der Waals surface area contributed by atoms with Crippen LogP contribution in [0.25, 0.3) is 0 Å². The molecule has 0 aliphatic carbocycles. The molecule has 1 aromatic carbocycles. The maximum atomic E-state index is 6.41. The van der Waals surface area contributed by atoms with Gasteiger partial charge in [-0.3, -0.25) is 0 Å². The average molecular weight is 356 g/mol. The fourth-order valence-electron chi connectivity index (χ4n) is 3.30. The van der Waals surface area contributed by atoms with Crippen LogP contribution in [0.15, 0.2) is 12.1 Å². The van der Waals surface area contributed by atoms with E-state index in [1.807, 2.05) is 6.92 Å². The number of nitrogens with zero attached hydrogens (tertiary/aromatic N) is 2. The number of hydrogen-bond acceptors (Lipinski definition) is 5. The minimum absolute atomic E-state index is 0.377. The van der Waals surface area contributed by atoms with Gasteiger partial charge in [-0.05, 0) is 51.7 Å². The molecule has 0 saturated carbocycles. The highest BCUT2D eigenvalue weighted by Gasteiger charge is 2.15. The second-order valence-electron chi connectivity index (χ2n) is 7.17. The number of rotatable bonds is 8. The molecule has 1 heterocycles. The monoisotopic (exact) mass is 355 g/mol. The van der Waals surface area contributed by atoms with Gasteiger partial charge in [0.05, 0.1) is 0 Å². The summed E-state index contributed by atoms with van der Waals surface area (Å²) in [5.74, 6) is 2.10. The van der Waals surface area contributed by atoms with Crippen LogP contribution in [0.4, 0.5) is 23.0 Å². The third kappa shape index (κ3) is 4.87. The summed E-state index contributed by atoms with van der Waals surface area (Å²) >= 11 is 0. The van der Waals surface area contributed by atoms with E-state index in [0.717, 1.165) is 24.3 Å². The van der Waals surface area contributed by atoms with Crippen LogP contribution in [0.2, 0.25) is 0 Å². The number of nitrogens with two attached hydrogens (primary N) is 1. The smallest absolute Gasteiger partial charge is 0.159 e. The Labute approximate surface area is 157 Å². The number of benzene rings is 1. The Bertz CT molecular complexity index is 731. The van der Waals surface area contributed by atoms with E-state index in [9.17, 15) is 0 Å². The van der Waals surface area contributed by atoms with Crippen molar-refractivity contribution in [3.63, 3.8) is 0 Å². The van der Waals surface area contributed by atoms with Crippen LogP contribution < -0.4 is 16.4 Å². The Morgan fingerprint density at radius 2 is 1.62 bits per heavy atom. The Hall–Kier alpha value is -2.30. The van der Waals surface area contributed by atoms with Crippen LogP contribution in [0.3, 0.4) is 0 Å². The van der Waals surface area contributed by atoms with Crippen molar-refractivity contribution in [3.05, 3.63) is 34.6 Å². The first-order valence-electron chi connectivity index (χ1n) is 9.61. The molecule has 1 atom stereocenters. The third-order valence-corrected chi connectivity index (χ3v) is 4.72. The van der Waals surface area contributed by atoms with E-state index in [1.54, 1.807) is 0 Å². The van der Waals surface area contributed by atoms with Gasteiger partial charge in [-0.25, -0.2) is 9.97 Å². The molecule has 2 rings (SSSR count). The molecule has 142 valence electrons. The Morgan fingerprint density at radius 3 is 2.19 bits per heavy atom. The van der Waals surface area contributed by atoms with Gasteiger partial charge in [0.25, 0.3) is 0 Å². The summed E-state index contributed by atoms with van der Waals surface area (Å²) in [6.45, 7) is 12.6. The fourth-order valence-corrected chi connectivity index (χ4v) is 3.30. The van der Waals surface area contributed by atoms with Crippen LogP contribution in [0.1, 0.15) is 62.0 Å². The van der Waals surface area contributed by atoms with Crippen molar-refractivity contribution in [2.75, 3.05) is 16.4 Å². The average Bonchev–Trinajstić information content (AvgIpc) is 2.58. The molecule has 0 aliphatic heterocycles. The first-order chi connectivity index (χ1) is 12.3. The van der Waals surface area contributed by atoms with E-state index in [-0.39, 0.29) is 0 Å². The fraction of sp³-hybridized carbons (Fsp3) is 0.524. The maximum absolute atomic E-state index is 6.41. The van der Waals surface area contributed by atoms with Crippen molar-refractivity contribution < 1.29 is 0 Å². The molecule has 4 N–H and O–H groups in total. The Balaban J connectivity index is 2.32. The van der Waals surface area contributed by atoms with Crippen LogP contribution >= 0.6 is 0 Å². The topological polar surface area (TPSA) is 75.9 Å². The van der Waals surface area contributed by atoms with E-state index in [0.29, 0.717) is 23.4 Å². The van der Waals surface area contributed by atoms with Crippen LogP contribution in [-0.2, 0) is 0 Å². The molecule has 0 bridgehead atoms. The molecule has 26 heavy (non-hydrogen) atoms. The van der Waals surface area contributed by atoms with E-state index in [1.165, 1.54) is 29.5 Å². The lowest BCUT2D eigenvalue weighted by Gasteiger charge is -2.21. The van der Waals surface area contributed by atoms with Gasteiger partial charge in [0.15, 0.2) is 11.6 Å². The molecule has 0 aliphatic rings. The van der Waals surface area contributed by atoms with Gasteiger partial charge in [-0.1, -0.05) is 44.4 Å². The van der Waals surface area contributed by atoms with Gasteiger partial charge in [-0.2, -0.15) is 0 Å². The van der Waals surface area contributed by atoms with Crippen LogP contribution in [0.5, 0.6) is 0 Å². The van der Waals surface area contributed by atoms with Crippen LogP contribution in [-0.4, -0.2) is 16.0 Å². The summed E-state index contributed by atoms with van der Waals surface area (Å²) in [5.41, 5.74) is 11.7. The predicted octanol–water partition coefficient (Wildman–Crippen LogP) is 5.42. The zero-order valence-corrected chi connectivity index (χ0v) is 17.0. The second-order valence-corrected chi connectivity index (χ2v) is 7.17. The molecule has 0 spiro atoms. The van der Waals surface area contributed by atoms with E-state index in [4.69, 9.17) is 5.73 Å². The van der Waals surface area contributed by atoms with Crippen molar-refractivity contribution >= 4 is 23.0 Å². The van der Waals surface area contributed by atoms with Crippen molar-refractivity contribution in [2.24, 2.45) is 0 Å². The van der Waals surface area contributed by atoms with E-state index >= 15 is 0 Å². The zero-order valence-electron chi connectivity index (χ0n) is 17.0. The highest BCUT2D eigenvalue weighted by Crippen LogP contribution is 2.31. The van der Waals surface area contributed by atoms with Gasteiger partial charge >= 0.3 is 0 Å². The lowest BCUT2D eigenvalue weighted by molar-refractivity contribution is 0.591. The molecular formula is C21H33N5. The van der Waals surface area contributed by atoms with Crippen molar-refractivity contribution in [1.29, 1.82) is 0 Å². The summed E-state index contributed by atoms with van der Waals surface area (Å²) < 4.78 is 0. The predicted molar refractivity (Wildman–Crippen MR) is 112 cm³/mol. The molecule has 0 fully saturated rings. The molecule has 1 unspecified atom stereocenters. The van der Waals surface area contributed by atoms with Gasteiger partial charge in [-0.15, -0.1) is 0 Å². The lowest BCUT2D eigenvalue weighted by Crippen LogP contribution is -2.21. The number of nitrogens with one attached hydrogen (secondary N) is 2. The largest absolute Gasteiger partial charge is 0.393 e. The number of aromatic nitrogens is 2. The minimum atomic E-state index is 0.377. The normalized spacial score (nSPS) is 12.1. The van der Waals surface area contributed by atoms with Gasteiger partial charge < -0.3 is 16.4 Å². The van der Waals surface area contributed by atoms with Gasteiger partial charge in [0.2, 0.25) is 0 Å². The number of nitrogen functional groups attached to an aromatic ring is 1. The standard InChI is InChI=1S/C21H33N5/c1-7-9-10-17(8-2)25-20-18(22)21(24-16(6)23-20)26-19-14(4)11-13(3)12-15(19)5/h11-12,17H,7-10,22H2,1-6H3,(H2,23,24,25,26). The summed E-state index contributed by atoms with van der Waals surface area (Å²) in [7, 11) is 0. The molecule has 0 saturated heterocycles. The van der Waals surface area contributed by atoms with Crippen molar-refractivity contribution in [2.45, 2.75) is 73.3 Å². The van der Waals surface area contributed by atoms with Gasteiger partial charge in [0.1, 0.15) is 11.5 Å². The van der Waals surface area contributed by atoms with E-state index in [2.05, 4.69) is 67.4 Å². The molecule has 5 heteroatoms. The highest BCUT2D eigenvalue weighted by atomic mass is 15.1. The third-order valence-electron chi connectivity index (χ3n) is 4.72. The molecule has 1 aromatic heterocycles. The minimum Gasteiger partial charge on any atom is -0.393 e. The zero-order chi connectivity index (χ0) is 19.3. The molecule has 0 radical (unpaired) electrons. The number of aryl methyl sites for hydroxylation is 4. The summed E-state index contributed by atoms with van der Waals surface area (Å²) in [6.07, 6.45) is 4.55. The number of unbranched alkanes of at least 4 members (excludes halogenated alkanes) is 1. The molecule has 5 nitrogen and oxygen atoms in total. The lowest BCUT2D eigenvalue weighted by atomic mass is 10.1. The van der Waals surface area contributed by atoms with Crippen molar-refractivity contribution in [3.8, 4) is 0 Å². The Morgan fingerprint density at radius 1 is 1.00 bits per heavy atom. The first kappa shape index (κ1) is 20.0. The molecular weight excluding hydrogens is 322 g/mol. The van der Waals surface area contributed by atoms with Gasteiger partial charge in [0, 0.05) is 11.7 Å². The summed E-state index contributed by atoms with van der Waals surface area (Å²) in [6, 6.07) is 4.70. The number of hydrogen-bond donors (Lipinski definition) is 3. The quantitative estimate of drug-likeness (QED) is 0.590. The van der Waals surface area contributed by atoms with Crippen molar-refractivity contribution in [1.82, 2.24) is 9.97 Å². The van der Waals surface area contributed by atoms with E-state index < -0.39 is 0 Å². The second kappa shape index (κ2) is 8.88. The first-order valence-corrected chi connectivity index (χ1v) is 9.61. The maximum Gasteiger partial charge on any atom is 0.159 e. The summed E-state index contributed by atoms with van der Waals surface area (Å²) in [4.78, 5) is 9.08. The Kier molecular flexibility index (Phi) is 6.83. The molecule has 0 amide bonds. The highest BCUT2D eigenvalue weighted by molar-refractivity contribution is 5.79.